The molecule has 0 bridgehead atoms. The summed E-state index contributed by atoms with van der Waals surface area (Å²) in [6, 6.07) is 14.8. The maximum Gasteiger partial charge on any atom is 0.190 e. The topological polar surface area (TPSA) is 26.5 Å². The van der Waals surface area contributed by atoms with E-state index in [4.69, 9.17) is 9.73 Å². The maximum absolute atomic E-state index is 13.2. The minimum absolute atomic E-state index is 0.233. The summed E-state index contributed by atoms with van der Waals surface area (Å²) in [6.07, 6.45) is 1.02. The first kappa shape index (κ1) is 17.6. The van der Waals surface area contributed by atoms with Crippen LogP contribution in [0.4, 0.5) is 10.1 Å². The van der Waals surface area contributed by atoms with Crippen molar-refractivity contribution in [2.24, 2.45) is 4.99 Å². The van der Waals surface area contributed by atoms with E-state index in [0.717, 1.165) is 28.2 Å². The van der Waals surface area contributed by atoms with Gasteiger partial charge in [-0.05, 0) is 53.9 Å². The molecule has 0 aliphatic rings. The standard InChI is InChI=1S/C20H21FN2OS/c1-3-15-4-10-18(11-5-15)22-20-23(12-13-24-2)19(14-25-20)16-6-8-17(21)9-7-16/h4-11,14H,3,12-13H2,1-2H3. The second-order valence-electron chi connectivity index (χ2n) is 5.69. The molecule has 0 saturated carbocycles. The Kier molecular flexibility index (Phi) is 5.79. The van der Waals surface area contributed by atoms with Crippen molar-refractivity contribution in [3.8, 4) is 11.3 Å². The van der Waals surface area contributed by atoms with Gasteiger partial charge in [0.25, 0.3) is 0 Å². The molecule has 0 radical (unpaired) electrons. The molecule has 0 amide bonds. The zero-order valence-electron chi connectivity index (χ0n) is 14.4. The molecule has 2 aromatic carbocycles. The van der Waals surface area contributed by atoms with Gasteiger partial charge in [0.05, 0.1) is 18.0 Å². The van der Waals surface area contributed by atoms with Crippen LogP contribution < -0.4 is 4.80 Å². The van der Waals surface area contributed by atoms with Crippen LogP contribution in [0, 0.1) is 5.82 Å². The second kappa shape index (κ2) is 8.23. The van der Waals surface area contributed by atoms with E-state index in [1.165, 1.54) is 17.7 Å². The van der Waals surface area contributed by atoms with E-state index in [9.17, 15) is 4.39 Å². The van der Waals surface area contributed by atoms with E-state index < -0.39 is 0 Å². The average Bonchev–Trinajstić information content (AvgIpc) is 3.03. The minimum atomic E-state index is -0.233. The molecular formula is C20H21FN2OS. The van der Waals surface area contributed by atoms with Gasteiger partial charge in [-0.2, -0.15) is 0 Å². The molecule has 0 N–H and O–H groups in total. The fraction of sp³-hybridized carbons (Fsp3) is 0.250. The third-order valence-electron chi connectivity index (χ3n) is 4.03. The molecule has 1 heterocycles. The summed E-state index contributed by atoms with van der Waals surface area (Å²) >= 11 is 1.58. The molecule has 0 fully saturated rings. The van der Waals surface area contributed by atoms with Crippen LogP contribution in [0.2, 0.25) is 0 Å². The van der Waals surface area contributed by atoms with Gasteiger partial charge in [0.1, 0.15) is 5.82 Å². The molecule has 0 aliphatic heterocycles. The highest BCUT2D eigenvalue weighted by atomic mass is 32.1. The van der Waals surface area contributed by atoms with Gasteiger partial charge in [-0.1, -0.05) is 19.1 Å². The Balaban J connectivity index is 2.03. The zero-order chi connectivity index (χ0) is 17.6. The molecule has 25 heavy (non-hydrogen) atoms. The Labute approximate surface area is 151 Å². The van der Waals surface area contributed by atoms with Gasteiger partial charge in [-0.15, -0.1) is 11.3 Å². The number of aryl methyl sites for hydroxylation is 1. The molecule has 0 saturated heterocycles. The number of aromatic nitrogens is 1. The molecule has 5 heteroatoms. The van der Waals surface area contributed by atoms with Crippen molar-refractivity contribution in [2.75, 3.05) is 13.7 Å². The van der Waals surface area contributed by atoms with Crippen LogP contribution in [0.3, 0.4) is 0 Å². The first-order valence-electron chi connectivity index (χ1n) is 8.28. The third-order valence-corrected chi connectivity index (χ3v) is 4.89. The first-order valence-corrected chi connectivity index (χ1v) is 9.16. The van der Waals surface area contributed by atoms with Crippen molar-refractivity contribution in [3.05, 3.63) is 70.1 Å². The van der Waals surface area contributed by atoms with Gasteiger partial charge in [-0.25, -0.2) is 9.38 Å². The quantitative estimate of drug-likeness (QED) is 0.623. The SMILES string of the molecule is CCc1ccc(N=c2scc(-c3ccc(F)cc3)n2CCOC)cc1. The number of benzene rings is 2. The van der Waals surface area contributed by atoms with Crippen LogP contribution in [0.1, 0.15) is 12.5 Å². The lowest BCUT2D eigenvalue weighted by molar-refractivity contribution is 0.187. The van der Waals surface area contributed by atoms with Crippen LogP contribution in [0.15, 0.2) is 58.9 Å². The number of rotatable bonds is 6. The number of nitrogens with zero attached hydrogens (tertiary/aromatic N) is 2. The van der Waals surface area contributed by atoms with Crippen LogP contribution in [0.25, 0.3) is 11.3 Å². The summed E-state index contributed by atoms with van der Waals surface area (Å²) in [4.78, 5) is 5.69. The van der Waals surface area contributed by atoms with Gasteiger partial charge in [0.2, 0.25) is 0 Å². The van der Waals surface area contributed by atoms with Crippen LogP contribution in [-0.2, 0) is 17.7 Å². The Morgan fingerprint density at radius 2 is 1.80 bits per heavy atom. The fourth-order valence-electron chi connectivity index (χ4n) is 2.59. The van der Waals surface area contributed by atoms with Crippen LogP contribution in [-0.4, -0.2) is 18.3 Å². The predicted octanol–water partition coefficient (Wildman–Crippen LogP) is 4.80. The van der Waals surface area contributed by atoms with E-state index >= 15 is 0 Å². The van der Waals surface area contributed by atoms with Gasteiger partial charge < -0.3 is 9.30 Å². The smallest absolute Gasteiger partial charge is 0.190 e. The molecule has 0 atom stereocenters. The average molecular weight is 356 g/mol. The number of ether oxygens (including phenoxy) is 1. The van der Waals surface area contributed by atoms with Gasteiger partial charge >= 0.3 is 0 Å². The van der Waals surface area contributed by atoms with Crippen molar-refractivity contribution < 1.29 is 9.13 Å². The van der Waals surface area contributed by atoms with Crippen molar-refractivity contribution in [1.29, 1.82) is 0 Å². The molecule has 0 aliphatic carbocycles. The monoisotopic (exact) mass is 356 g/mol. The van der Waals surface area contributed by atoms with E-state index in [1.54, 1.807) is 30.6 Å². The molecule has 3 aromatic rings. The molecule has 3 nitrogen and oxygen atoms in total. The van der Waals surface area contributed by atoms with Crippen molar-refractivity contribution in [3.63, 3.8) is 0 Å². The Morgan fingerprint density at radius 3 is 2.44 bits per heavy atom. The lowest BCUT2D eigenvalue weighted by atomic mass is 10.1. The number of halogens is 1. The summed E-state index contributed by atoms with van der Waals surface area (Å²) in [6.45, 7) is 3.42. The highest BCUT2D eigenvalue weighted by Gasteiger charge is 2.08. The largest absolute Gasteiger partial charge is 0.383 e. The number of hydrogen-bond acceptors (Lipinski definition) is 3. The number of thiazole rings is 1. The van der Waals surface area contributed by atoms with E-state index in [2.05, 4.69) is 29.0 Å². The summed E-state index contributed by atoms with van der Waals surface area (Å²) in [5, 5.41) is 2.06. The summed E-state index contributed by atoms with van der Waals surface area (Å²) < 4.78 is 20.6. The molecular weight excluding hydrogens is 335 g/mol. The number of methoxy groups -OCH3 is 1. The lowest BCUT2D eigenvalue weighted by Gasteiger charge is -2.08. The predicted molar refractivity (Wildman–Crippen MR) is 101 cm³/mol. The Bertz CT molecular complexity index is 879. The van der Waals surface area contributed by atoms with Crippen LogP contribution in [0.5, 0.6) is 0 Å². The zero-order valence-corrected chi connectivity index (χ0v) is 15.2. The summed E-state index contributed by atoms with van der Waals surface area (Å²) in [5.74, 6) is -0.233. The van der Waals surface area contributed by atoms with E-state index in [0.29, 0.717) is 13.2 Å². The van der Waals surface area contributed by atoms with E-state index in [1.807, 2.05) is 12.1 Å². The molecule has 3 rings (SSSR count). The second-order valence-corrected chi connectivity index (χ2v) is 6.52. The Hall–Kier alpha value is -2.24. The van der Waals surface area contributed by atoms with Crippen molar-refractivity contribution in [1.82, 2.24) is 4.57 Å². The minimum Gasteiger partial charge on any atom is -0.383 e. The highest BCUT2D eigenvalue weighted by molar-refractivity contribution is 7.07. The summed E-state index contributed by atoms with van der Waals surface area (Å²) in [5.41, 5.74) is 4.21. The van der Waals surface area contributed by atoms with E-state index in [-0.39, 0.29) is 5.82 Å². The fourth-order valence-corrected chi connectivity index (χ4v) is 3.54. The highest BCUT2D eigenvalue weighted by Crippen LogP contribution is 2.21. The summed E-state index contributed by atoms with van der Waals surface area (Å²) in [7, 11) is 1.69. The van der Waals surface area contributed by atoms with Crippen LogP contribution >= 0.6 is 11.3 Å². The lowest BCUT2D eigenvalue weighted by Crippen LogP contribution is -2.18. The van der Waals surface area contributed by atoms with Crippen molar-refractivity contribution >= 4 is 17.0 Å². The third kappa shape index (κ3) is 4.24. The molecule has 130 valence electrons. The van der Waals surface area contributed by atoms with Crippen molar-refractivity contribution in [2.45, 2.75) is 19.9 Å². The van der Waals surface area contributed by atoms with Gasteiger partial charge in [-0.3, -0.25) is 0 Å². The Morgan fingerprint density at radius 1 is 1.08 bits per heavy atom. The maximum atomic E-state index is 13.2. The number of hydrogen-bond donors (Lipinski definition) is 0. The van der Waals surface area contributed by atoms with Gasteiger partial charge in [0.15, 0.2) is 4.80 Å². The molecule has 1 aromatic heterocycles. The molecule has 0 unspecified atom stereocenters. The van der Waals surface area contributed by atoms with Gasteiger partial charge in [0, 0.05) is 19.0 Å². The molecule has 0 spiro atoms. The first-order chi connectivity index (χ1) is 12.2. The normalized spacial score (nSPS) is 11.9.